The first-order chi connectivity index (χ1) is 6.59. The molecule has 0 N–H and O–H groups in total. The number of fused-ring (bicyclic) bond motifs is 1. The molecule has 0 saturated heterocycles. The van der Waals surface area contributed by atoms with E-state index in [0.717, 1.165) is 5.56 Å². The third-order valence-electron chi connectivity index (χ3n) is 2.20. The predicted octanol–water partition coefficient (Wildman–Crippen LogP) is 3.25. The highest BCUT2D eigenvalue weighted by Crippen LogP contribution is 2.23. The molecule has 2 aromatic rings. The molecule has 0 spiro atoms. The minimum absolute atomic E-state index is 0.318. The summed E-state index contributed by atoms with van der Waals surface area (Å²) in [5.74, 6) is -0.0666. The van der Waals surface area contributed by atoms with Crippen LogP contribution in [-0.4, -0.2) is 9.38 Å². The minimum atomic E-state index is -0.385. The fraction of sp³-hybridized carbons (Fsp3) is 0.300. The van der Waals surface area contributed by atoms with Gasteiger partial charge in [-0.25, -0.2) is 4.98 Å². The lowest BCUT2D eigenvalue weighted by atomic mass is 10.1. The Morgan fingerprint density at radius 1 is 1.50 bits per heavy atom. The fourth-order valence-corrected chi connectivity index (χ4v) is 1.62. The molecule has 2 rings (SSSR count). The van der Waals surface area contributed by atoms with Crippen LogP contribution in [0.4, 0.5) is 4.39 Å². The van der Waals surface area contributed by atoms with Crippen molar-refractivity contribution >= 4 is 17.2 Å². The van der Waals surface area contributed by atoms with Gasteiger partial charge in [0.05, 0.1) is 11.2 Å². The maximum absolute atomic E-state index is 13.2. The van der Waals surface area contributed by atoms with Crippen molar-refractivity contribution in [2.45, 2.75) is 19.8 Å². The normalized spacial score (nSPS) is 11.5. The van der Waals surface area contributed by atoms with E-state index in [2.05, 4.69) is 4.98 Å². The highest BCUT2D eigenvalue weighted by molar-refractivity contribution is 6.33. The SMILES string of the molecule is CC(C)c1cc(Cl)c2ncc(F)n2c1. The molecule has 2 aromatic heterocycles. The van der Waals surface area contributed by atoms with Crippen LogP contribution in [0.15, 0.2) is 18.5 Å². The second-order valence-electron chi connectivity index (χ2n) is 3.55. The summed E-state index contributed by atoms with van der Waals surface area (Å²) < 4.78 is 14.6. The minimum Gasteiger partial charge on any atom is -0.275 e. The molecular formula is C10H10ClFN2. The van der Waals surface area contributed by atoms with Crippen LogP contribution in [-0.2, 0) is 0 Å². The van der Waals surface area contributed by atoms with Crippen molar-refractivity contribution in [1.29, 1.82) is 0 Å². The lowest BCUT2D eigenvalue weighted by molar-refractivity contribution is 0.571. The zero-order chi connectivity index (χ0) is 10.3. The number of imidazole rings is 1. The molecule has 0 bridgehead atoms. The molecule has 0 atom stereocenters. The molecule has 0 aliphatic carbocycles. The Morgan fingerprint density at radius 2 is 2.21 bits per heavy atom. The van der Waals surface area contributed by atoms with Crippen molar-refractivity contribution < 1.29 is 4.39 Å². The molecule has 0 aliphatic rings. The van der Waals surface area contributed by atoms with Gasteiger partial charge in [-0.1, -0.05) is 25.4 Å². The summed E-state index contributed by atoms with van der Waals surface area (Å²) in [6.07, 6.45) is 2.90. The molecule has 0 aliphatic heterocycles. The molecule has 4 heteroatoms. The highest BCUT2D eigenvalue weighted by atomic mass is 35.5. The maximum atomic E-state index is 13.2. The van der Waals surface area contributed by atoms with E-state index >= 15 is 0 Å². The number of aromatic nitrogens is 2. The second kappa shape index (κ2) is 3.24. The van der Waals surface area contributed by atoms with E-state index in [1.807, 2.05) is 19.9 Å². The van der Waals surface area contributed by atoms with Gasteiger partial charge in [0.2, 0.25) is 5.95 Å². The number of pyridine rings is 1. The summed E-state index contributed by atoms with van der Waals surface area (Å²) in [6, 6.07) is 1.83. The van der Waals surface area contributed by atoms with Crippen LogP contribution in [0.1, 0.15) is 25.3 Å². The van der Waals surface area contributed by atoms with Gasteiger partial charge >= 0.3 is 0 Å². The lowest BCUT2D eigenvalue weighted by Gasteiger charge is -2.07. The summed E-state index contributed by atoms with van der Waals surface area (Å²) in [5.41, 5.74) is 1.47. The van der Waals surface area contributed by atoms with Crippen LogP contribution in [0.5, 0.6) is 0 Å². The average Bonchev–Trinajstić information content (AvgIpc) is 2.48. The lowest BCUT2D eigenvalue weighted by Crippen LogP contribution is -1.95. The molecule has 74 valence electrons. The molecular weight excluding hydrogens is 203 g/mol. The summed E-state index contributed by atoms with van der Waals surface area (Å²) in [4.78, 5) is 3.87. The molecule has 14 heavy (non-hydrogen) atoms. The zero-order valence-corrected chi connectivity index (χ0v) is 8.72. The quantitative estimate of drug-likeness (QED) is 0.709. The van der Waals surface area contributed by atoms with E-state index in [0.29, 0.717) is 16.6 Å². The number of nitrogens with zero attached hydrogens (tertiary/aromatic N) is 2. The molecule has 0 radical (unpaired) electrons. The molecule has 0 amide bonds. The van der Waals surface area contributed by atoms with Crippen molar-refractivity contribution in [3.05, 3.63) is 35.0 Å². The number of rotatable bonds is 1. The maximum Gasteiger partial charge on any atom is 0.217 e. The summed E-state index contributed by atoms with van der Waals surface area (Å²) >= 11 is 5.97. The second-order valence-corrected chi connectivity index (χ2v) is 3.96. The van der Waals surface area contributed by atoms with Crippen LogP contribution in [0.2, 0.25) is 5.02 Å². The third kappa shape index (κ3) is 1.38. The fourth-order valence-electron chi connectivity index (χ4n) is 1.35. The van der Waals surface area contributed by atoms with Gasteiger partial charge in [-0.15, -0.1) is 0 Å². The van der Waals surface area contributed by atoms with Gasteiger partial charge in [0, 0.05) is 6.20 Å². The third-order valence-corrected chi connectivity index (χ3v) is 2.48. The van der Waals surface area contributed by atoms with Gasteiger partial charge in [-0.3, -0.25) is 4.40 Å². The van der Waals surface area contributed by atoms with E-state index in [9.17, 15) is 4.39 Å². The average molecular weight is 213 g/mol. The first kappa shape index (κ1) is 9.46. The molecule has 0 fully saturated rings. The Hall–Kier alpha value is -1.09. The monoisotopic (exact) mass is 212 g/mol. The Kier molecular flexibility index (Phi) is 2.19. The smallest absolute Gasteiger partial charge is 0.217 e. The van der Waals surface area contributed by atoms with Gasteiger partial charge in [-0.2, -0.15) is 4.39 Å². The van der Waals surface area contributed by atoms with Crippen LogP contribution >= 0.6 is 11.6 Å². The molecule has 2 heterocycles. The molecule has 2 nitrogen and oxygen atoms in total. The zero-order valence-electron chi connectivity index (χ0n) is 7.96. The largest absolute Gasteiger partial charge is 0.275 e. The van der Waals surface area contributed by atoms with E-state index < -0.39 is 0 Å². The number of hydrogen-bond acceptors (Lipinski definition) is 1. The Bertz CT molecular complexity index is 476. The van der Waals surface area contributed by atoms with Gasteiger partial charge in [0.1, 0.15) is 0 Å². The standard InChI is InChI=1S/C10H10ClFN2/c1-6(2)7-3-8(11)10-13-4-9(12)14(10)5-7/h3-6H,1-2H3. The number of hydrogen-bond donors (Lipinski definition) is 0. The topological polar surface area (TPSA) is 17.3 Å². The van der Waals surface area contributed by atoms with Crippen LogP contribution in [0, 0.1) is 5.95 Å². The molecule has 0 saturated carbocycles. The van der Waals surface area contributed by atoms with Crippen LogP contribution in [0.25, 0.3) is 5.65 Å². The summed E-state index contributed by atoms with van der Waals surface area (Å²) in [6.45, 7) is 4.07. The highest BCUT2D eigenvalue weighted by Gasteiger charge is 2.09. The van der Waals surface area contributed by atoms with Gasteiger partial charge < -0.3 is 0 Å². The van der Waals surface area contributed by atoms with Crippen molar-refractivity contribution in [3.63, 3.8) is 0 Å². The first-order valence-electron chi connectivity index (χ1n) is 4.41. The Labute approximate surface area is 86.3 Å². The molecule has 0 aromatic carbocycles. The molecule has 0 unspecified atom stereocenters. The Balaban J connectivity index is 2.75. The van der Waals surface area contributed by atoms with Crippen LogP contribution in [0.3, 0.4) is 0 Å². The van der Waals surface area contributed by atoms with E-state index in [1.54, 1.807) is 6.20 Å². The van der Waals surface area contributed by atoms with E-state index in [-0.39, 0.29) is 5.95 Å². The van der Waals surface area contributed by atoms with Gasteiger partial charge in [-0.05, 0) is 17.5 Å². The van der Waals surface area contributed by atoms with Crippen LogP contribution < -0.4 is 0 Å². The Morgan fingerprint density at radius 3 is 2.86 bits per heavy atom. The van der Waals surface area contributed by atoms with E-state index in [4.69, 9.17) is 11.6 Å². The van der Waals surface area contributed by atoms with Crippen molar-refractivity contribution in [1.82, 2.24) is 9.38 Å². The van der Waals surface area contributed by atoms with Crippen molar-refractivity contribution in [3.8, 4) is 0 Å². The van der Waals surface area contributed by atoms with Crippen molar-refractivity contribution in [2.24, 2.45) is 0 Å². The van der Waals surface area contributed by atoms with Gasteiger partial charge in [0.25, 0.3) is 0 Å². The van der Waals surface area contributed by atoms with Crippen molar-refractivity contribution in [2.75, 3.05) is 0 Å². The van der Waals surface area contributed by atoms with Gasteiger partial charge in [0.15, 0.2) is 5.65 Å². The summed E-state index contributed by atoms with van der Waals surface area (Å²) in [5, 5.41) is 0.486. The first-order valence-corrected chi connectivity index (χ1v) is 4.79. The predicted molar refractivity (Wildman–Crippen MR) is 54.2 cm³/mol. The van der Waals surface area contributed by atoms with E-state index in [1.165, 1.54) is 10.6 Å². The number of halogens is 2. The summed E-state index contributed by atoms with van der Waals surface area (Å²) in [7, 11) is 0.